The number of rotatable bonds is 4. The molecular weight excluding hydrogens is 294 g/mol. The minimum Gasteiger partial charge on any atom is -0.413 e. The number of hydrogen-bond donors (Lipinski definition) is 1. The lowest BCUT2D eigenvalue weighted by atomic mass is 10.4. The fraction of sp³-hybridized carbons (Fsp3) is 0.500. The van der Waals surface area contributed by atoms with E-state index in [4.69, 9.17) is 16.6 Å². The third-order valence-electron chi connectivity index (χ3n) is 3.06. The highest BCUT2D eigenvalue weighted by atomic mass is 32.2. The second kappa shape index (κ2) is 5.92. The summed E-state index contributed by atoms with van der Waals surface area (Å²) in [5.41, 5.74) is 0.979. The van der Waals surface area contributed by atoms with Gasteiger partial charge in [0.05, 0.1) is 5.75 Å². The zero-order chi connectivity index (χ0) is 13.9. The van der Waals surface area contributed by atoms with E-state index in [-0.39, 0.29) is 0 Å². The van der Waals surface area contributed by atoms with Crippen LogP contribution in [0.3, 0.4) is 0 Å². The summed E-state index contributed by atoms with van der Waals surface area (Å²) in [6, 6.07) is 2.04. The Kier molecular flexibility index (Phi) is 4.02. The van der Waals surface area contributed by atoms with E-state index in [9.17, 15) is 0 Å². The first-order valence-corrected chi connectivity index (χ1v) is 7.88. The number of H-pyrrole nitrogens is 1. The standard InChI is InChI=1S/C12H15N5OS2/c1-8-6-9(17-4-2-3-5-17)14-11(13-8)20-7-10-15-16-12(19)18-10/h6H,2-5,7H2,1H3,(H,16,19). The van der Waals surface area contributed by atoms with Crippen molar-refractivity contribution in [1.29, 1.82) is 0 Å². The molecule has 1 aliphatic rings. The van der Waals surface area contributed by atoms with Gasteiger partial charge in [-0.25, -0.2) is 15.1 Å². The van der Waals surface area contributed by atoms with Crippen molar-refractivity contribution in [3.8, 4) is 0 Å². The molecule has 0 spiro atoms. The summed E-state index contributed by atoms with van der Waals surface area (Å²) >= 11 is 6.35. The highest BCUT2D eigenvalue weighted by molar-refractivity contribution is 7.98. The Morgan fingerprint density at radius 1 is 1.40 bits per heavy atom. The van der Waals surface area contributed by atoms with E-state index in [0.717, 1.165) is 29.8 Å². The van der Waals surface area contributed by atoms with Crippen LogP contribution in [0.1, 0.15) is 24.4 Å². The maximum Gasteiger partial charge on any atom is 0.284 e. The Bertz CT molecular complexity index is 647. The topological polar surface area (TPSA) is 70.8 Å². The van der Waals surface area contributed by atoms with Crippen LogP contribution in [0.5, 0.6) is 0 Å². The van der Waals surface area contributed by atoms with Crippen molar-refractivity contribution in [1.82, 2.24) is 20.2 Å². The average molecular weight is 309 g/mol. The number of aromatic amines is 1. The van der Waals surface area contributed by atoms with E-state index >= 15 is 0 Å². The number of aryl methyl sites for hydroxylation is 1. The smallest absolute Gasteiger partial charge is 0.284 e. The van der Waals surface area contributed by atoms with Crippen molar-refractivity contribution in [2.45, 2.75) is 30.7 Å². The Labute approximate surface area is 126 Å². The summed E-state index contributed by atoms with van der Waals surface area (Å²) in [4.78, 5) is 11.7. The summed E-state index contributed by atoms with van der Waals surface area (Å²) in [5, 5.41) is 7.33. The van der Waals surface area contributed by atoms with Crippen LogP contribution < -0.4 is 4.90 Å². The van der Waals surface area contributed by atoms with E-state index in [1.54, 1.807) is 0 Å². The molecule has 0 unspecified atom stereocenters. The van der Waals surface area contributed by atoms with Crippen molar-refractivity contribution in [2.24, 2.45) is 0 Å². The molecule has 2 aromatic rings. The molecule has 2 aromatic heterocycles. The number of aromatic nitrogens is 4. The zero-order valence-electron chi connectivity index (χ0n) is 11.1. The molecule has 0 radical (unpaired) electrons. The van der Waals surface area contributed by atoms with Gasteiger partial charge in [-0.3, -0.25) is 0 Å². The molecule has 1 aliphatic heterocycles. The number of anilines is 1. The lowest BCUT2D eigenvalue weighted by molar-refractivity contribution is 0.500. The first kappa shape index (κ1) is 13.6. The number of thioether (sulfide) groups is 1. The molecule has 0 aromatic carbocycles. The minimum absolute atomic E-state index is 0.295. The molecule has 0 amide bonds. The normalized spacial score (nSPS) is 14.9. The number of hydrogen-bond acceptors (Lipinski definition) is 7. The molecule has 106 valence electrons. The maximum atomic E-state index is 5.23. The van der Waals surface area contributed by atoms with Gasteiger partial charge in [0.25, 0.3) is 4.84 Å². The Morgan fingerprint density at radius 2 is 2.20 bits per heavy atom. The van der Waals surface area contributed by atoms with Gasteiger partial charge in [-0.2, -0.15) is 0 Å². The van der Waals surface area contributed by atoms with Crippen molar-refractivity contribution < 1.29 is 4.42 Å². The van der Waals surface area contributed by atoms with Gasteiger partial charge in [0.1, 0.15) is 5.82 Å². The third-order valence-corrected chi connectivity index (χ3v) is 4.06. The largest absolute Gasteiger partial charge is 0.413 e. The summed E-state index contributed by atoms with van der Waals surface area (Å²) in [5.74, 6) is 2.14. The van der Waals surface area contributed by atoms with Crippen LogP contribution in [0.25, 0.3) is 0 Å². The van der Waals surface area contributed by atoms with Crippen LogP contribution in [-0.4, -0.2) is 33.3 Å². The van der Waals surface area contributed by atoms with Crippen LogP contribution in [-0.2, 0) is 5.75 Å². The van der Waals surface area contributed by atoms with Crippen molar-refractivity contribution in [2.75, 3.05) is 18.0 Å². The van der Waals surface area contributed by atoms with Gasteiger partial charge in [0, 0.05) is 24.8 Å². The molecule has 1 N–H and O–H groups in total. The molecule has 3 rings (SSSR count). The van der Waals surface area contributed by atoms with Gasteiger partial charge in [-0.15, -0.1) is 5.10 Å². The van der Waals surface area contributed by atoms with Gasteiger partial charge in [0.2, 0.25) is 5.89 Å². The second-order valence-electron chi connectivity index (χ2n) is 4.64. The highest BCUT2D eigenvalue weighted by Crippen LogP contribution is 2.24. The number of nitrogens with one attached hydrogen (secondary N) is 1. The molecule has 8 heteroatoms. The van der Waals surface area contributed by atoms with Crippen molar-refractivity contribution >= 4 is 29.8 Å². The summed E-state index contributed by atoms with van der Waals surface area (Å²) in [7, 11) is 0. The first-order chi connectivity index (χ1) is 9.70. The van der Waals surface area contributed by atoms with Crippen LogP contribution in [0.15, 0.2) is 15.6 Å². The van der Waals surface area contributed by atoms with Gasteiger partial charge >= 0.3 is 0 Å². The van der Waals surface area contributed by atoms with Crippen LogP contribution >= 0.6 is 24.0 Å². The molecule has 3 heterocycles. The maximum absolute atomic E-state index is 5.23. The van der Waals surface area contributed by atoms with E-state index in [1.165, 1.54) is 24.6 Å². The Morgan fingerprint density at radius 3 is 2.90 bits per heavy atom. The molecule has 6 nitrogen and oxygen atoms in total. The average Bonchev–Trinajstić information content (AvgIpc) is 3.07. The molecule has 20 heavy (non-hydrogen) atoms. The predicted molar refractivity (Wildman–Crippen MR) is 79.5 cm³/mol. The summed E-state index contributed by atoms with van der Waals surface area (Å²) in [6.07, 6.45) is 2.47. The Hall–Kier alpha value is -1.41. The van der Waals surface area contributed by atoms with Crippen molar-refractivity contribution in [3.05, 3.63) is 22.5 Å². The van der Waals surface area contributed by atoms with Crippen LogP contribution in [0.2, 0.25) is 0 Å². The van der Waals surface area contributed by atoms with E-state index in [0.29, 0.717) is 16.5 Å². The van der Waals surface area contributed by atoms with Gasteiger partial charge in [-0.05, 0) is 32.0 Å². The van der Waals surface area contributed by atoms with E-state index in [2.05, 4.69) is 25.1 Å². The van der Waals surface area contributed by atoms with Gasteiger partial charge in [-0.1, -0.05) is 11.8 Å². The molecule has 0 atom stereocenters. The Balaban J connectivity index is 1.73. The van der Waals surface area contributed by atoms with E-state index < -0.39 is 0 Å². The van der Waals surface area contributed by atoms with Crippen LogP contribution in [0, 0.1) is 11.8 Å². The van der Waals surface area contributed by atoms with Crippen LogP contribution in [0.4, 0.5) is 5.82 Å². The monoisotopic (exact) mass is 309 g/mol. The fourth-order valence-electron chi connectivity index (χ4n) is 2.15. The molecule has 0 bridgehead atoms. The number of nitrogens with zero attached hydrogens (tertiary/aromatic N) is 4. The zero-order valence-corrected chi connectivity index (χ0v) is 12.8. The lowest BCUT2D eigenvalue weighted by Gasteiger charge is -2.17. The van der Waals surface area contributed by atoms with Gasteiger partial charge in [0.15, 0.2) is 5.16 Å². The minimum atomic E-state index is 0.295. The van der Waals surface area contributed by atoms with E-state index in [1.807, 2.05) is 13.0 Å². The third kappa shape index (κ3) is 3.18. The highest BCUT2D eigenvalue weighted by Gasteiger charge is 2.15. The molecular formula is C12H15N5OS2. The van der Waals surface area contributed by atoms with Gasteiger partial charge < -0.3 is 9.32 Å². The molecule has 1 saturated heterocycles. The summed E-state index contributed by atoms with van der Waals surface area (Å²) < 4.78 is 5.23. The first-order valence-electron chi connectivity index (χ1n) is 6.48. The van der Waals surface area contributed by atoms with Crippen molar-refractivity contribution in [3.63, 3.8) is 0 Å². The quantitative estimate of drug-likeness (QED) is 0.529. The molecule has 0 aliphatic carbocycles. The fourth-order valence-corrected chi connectivity index (χ4v) is 3.03. The SMILES string of the molecule is Cc1cc(N2CCCC2)nc(SCc2n[nH]c(=S)o2)n1. The summed E-state index contributed by atoms with van der Waals surface area (Å²) in [6.45, 7) is 4.15. The molecule has 0 saturated carbocycles. The second-order valence-corrected chi connectivity index (χ2v) is 5.95. The molecule has 1 fully saturated rings. The lowest BCUT2D eigenvalue weighted by Crippen LogP contribution is -2.19. The predicted octanol–water partition coefficient (Wildman–Crippen LogP) is 2.72.